The van der Waals surface area contributed by atoms with Crippen molar-refractivity contribution in [2.45, 2.75) is 0 Å². The van der Waals surface area contributed by atoms with Crippen LogP contribution < -0.4 is 0 Å². The average molecular weight is 270 g/mol. The van der Waals surface area contributed by atoms with Crippen LogP contribution in [0.5, 0.6) is 0 Å². The topological polar surface area (TPSA) is 88.9 Å². The normalized spacial score (nSPS) is 10.7. The molecule has 0 aliphatic heterocycles. The third-order valence-electron chi connectivity index (χ3n) is 2.64. The highest BCUT2D eigenvalue weighted by Crippen LogP contribution is 2.17. The van der Waals surface area contributed by atoms with Crippen LogP contribution in [0.3, 0.4) is 0 Å². The number of benzene rings is 1. The first-order chi connectivity index (χ1) is 9.63. The number of pyridine rings is 1. The number of carbonyl (C=O) groups is 1. The van der Waals surface area contributed by atoms with Gasteiger partial charge in [-0.25, -0.2) is 19.2 Å². The molecule has 0 aliphatic carbocycles. The third kappa shape index (κ3) is 2.16. The van der Waals surface area contributed by atoms with Gasteiger partial charge in [0.1, 0.15) is 11.3 Å². The van der Waals surface area contributed by atoms with Gasteiger partial charge in [0.05, 0.1) is 5.56 Å². The number of rotatable bonds is 2. The van der Waals surface area contributed by atoms with Crippen molar-refractivity contribution in [3.63, 3.8) is 0 Å². The van der Waals surface area contributed by atoms with E-state index in [1.807, 2.05) is 0 Å². The van der Waals surface area contributed by atoms with Crippen molar-refractivity contribution in [3.05, 3.63) is 47.9 Å². The van der Waals surface area contributed by atoms with Crippen molar-refractivity contribution < 1.29 is 14.3 Å². The lowest BCUT2D eigenvalue weighted by atomic mass is 10.2. The number of aromatic nitrogens is 4. The molecule has 0 amide bonds. The number of halogens is 1. The first-order valence-electron chi connectivity index (χ1n) is 5.63. The number of nitrogens with zero attached hydrogens (tertiary/aromatic N) is 4. The molecule has 0 atom stereocenters. The summed E-state index contributed by atoms with van der Waals surface area (Å²) in [6.07, 6.45) is 1.18. The molecule has 2 aromatic heterocycles. The zero-order chi connectivity index (χ0) is 14.1. The molecule has 0 saturated heterocycles. The van der Waals surface area contributed by atoms with Gasteiger partial charge in [0, 0.05) is 11.8 Å². The van der Waals surface area contributed by atoms with Crippen LogP contribution in [0.2, 0.25) is 0 Å². The van der Waals surface area contributed by atoms with Crippen LogP contribution in [0.1, 0.15) is 10.4 Å². The SMILES string of the molecule is O=C(O)c1cnc2nnc(-c3cccc(F)c3)nc2c1. The Hall–Kier alpha value is -2.96. The lowest BCUT2D eigenvalue weighted by molar-refractivity contribution is 0.0696. The Morgan fingerprint density at radius 1 is 1.20 bits per heavy atom. The Bertz CT molecular complexity index is 822. The van der Waals surface area contributed by atoms with E-state index in [-0.39, 0.29) is 17.0 Å². The van der Waals surface area contributed by atoms with E-state index in [0.717, 1.165) is 0 Å². The Balaban J connectivity index is 2.16. The molecule has 0 saturated carbocycles. The summed E-state index contributed by atoms with van der Waals surface area (Å²) >= 11 is 0. The molecule has 1 aromatic carbocycles. The Labute approximate surface area is 112 Å². The summed E-state index contributed by atoms with van der Waals surface area (Å²) in [5.41, 5.74) is 0.984. The third-order valence-corrected chi connectivity index (χ3v) is 2.64. The number of fused-ring (bicyclic) bond motifs is 1. The van der Waals surface area contributed by atoms with Gasteiger partial charge in [-0.3, -0.25) is 0 Å². The molecular weight excluding hydrogens is 263 g/mol. The second-order valence-corrected chi connectivity index (χ2v) is 4.02. The summed E-state index contributed by atoms with van der Waals surface area (Å²) < 4.78 is 13.2. The standard InChI is InChI=1S/C13H7FN4O2/c14-9-3-1-2-7(4-9)11-16-10-5-8(13(19)20)6-15-12(10)18-17-11/h1-6H,(H,19,20). The predicted molar refractivity (Wildman–Crippen MR) is 67.5 cm³/mol. The second-order valence-electron chi connectivity index (χ2n) is 4.02. The van der Waals surface area contributed by atoms with E-state index in [1.165, 1.54) is 30.5 Å². The van der Waals surface area contributed by atoms with Gasteiger partial charge in [-0.1, -0.05) is 12.1 Å². The molecule has 3 rings (SSSR count). The predicted octanol–water partition coefficient (Wildman–Crippen LogP) is 1.92. The smallest absolute Gasteiger partial charge is 0.337 e. The largest absolute Gasteiger partial charge is 0.478 e. The molecule has 1 N–H and O–H groups in total. The quantitative estimate of drug-likeness (QED) is 0.765. The van der Waals surface area contributed by atoms with Crippen LogP contribution in [0.15, 0.2) is 36.5 Å². The Kier molecular flexibility index (Phi) is 2.79. The van der Waals surface area contributed by atoms with Gasteiger partial charge < -0.3 is 5.11 Å². The van der Waals surface area contributed by atoms with E-state index in [2.05, 4.69) is 20.2 Å². The Morgan fingerprint density at radius 3 is 2.80 bits per heavy atom. The molecule has 0 bridgehead atoms. The molecule has 0 radical (unpaired) electrons. The molecule has 7 heteroatoms. The molecule has 3 aromatic rings. The van der Waals surface area contributed by atoms with Gasteiger partial charge in [0.15, 0.2) is 5.82 Å². The van der Waals surface area contributed by atoms with Crippen LogP contribution in [0.4, 0.5) is 4.39 Å². The average Bonchev–Trinajstić information content (AvgIpc) is 2.46. The van der Waals surface area contributed by atoms with Gasteiger partial charge in [0.25, 0.3) is 0 Å². The molecule has 0 spiro atoms. The van der Waals surface area contributed by atoms with Gasteiger partial charge in [-0.05, 0) is 18.2 Å². The first-order valence-corrected chi connectivity index (χ1v) is 5.63. The highest BCUT2D eigenvalue weighted by molar-refractivity contribution is 5.90. The summed E-state index contributed by atoms with van der Waals surface area (Å²) in [5, 5.41) is 16.6. The number of aromatic carboxylic acids is 1. The molecular formula is C13H7FN4O2. The Morgan fingerprint density at radius 2 is 2.05 bits per heavy atom. The number of hydrogen-bond donors (Lipinski definition) is 1. The molecule has 0 fully saturated rings. The fourth-order valence-electron chi connectivity index (χ4n) is 1.70. The molecule has 2 heterocycles. The van der Waals surface area contributed by atoms with E-state index < -0.39 is 11.8 Å². The number of carboxylic acids is 1. The van der Waals surface area contributed by atoms with E-state index >= 15 is 0 Å². The minimum absolute atomic E-state index is 0.00296. The van der Waals surface area contributed by atoms with E-state index in [1.54, 1.807) is 6.07 Å². The van der Waals surface area contributed by atoms with Crippen molar-refractivity contribution in [1.82, 2.24) is 20.2 Å². The van der Waals surface area contributed by atoms with Crippen molar-refractivity contribution in [2.24, 2.45) is 0 Å². The van der Waals surface area contributed by atoms with Crippen LogP contribution in [-0.2, 0) is 0 Å². The van der Waals surface area contributed by atoms with E-state index in [0.29, 0.717) is 11.1 Å². The fraction of sp³-hybridized carbons (Fsp3) is 0. The van der Waals surface area contributed by atoms with Crippen molar-refractivity contribution in [3.8, 4) is 11.4 Å². The van der Waals surface area contributed by atoms with Crippen LogP contribution >= 0.6 is 0 Å². The fourth-order valence-corrected chi connectivity index (χ4v) is 1.70. The monoisotopic (exact) mass is 270 g/mol. The first kappa shape index (κ1) is 12.1. The number of hydrogen-bond acceptors (Lipinski definition) is 5. The molecule has 0 aliphatic rings. The number of carboxylic acid groups (broad SMARTS) is 1. The van der Waals surface area contributed by atoms with Gasteiger partial charge >= 0.3 is 5.97 Å². The molecule has 20 heavy (non-hydrogen) atoms. The molecule has 0 unspecified atom stereocenters. The summed E-state index contributed by atoms with van der Waals surface area (Å²) in [5.74, 6) is -1.31. The van der Waals surface area contributed by atoms with Crippen LogP contribution in [0.25, 0.3) is 22.6 Å². The summed E-state index contributed by atoms with van der Waals surface area (Å²) in [6.45, 7) is 0. The minimum Gasteiger partial charge on any atom is -0.478 e. The van der Waals surface area contributed by atoms with Gasteiger partial charge in [-0.15, -0.1) is 10.2 Å². The summed E-state index contributed by atoms with van der Waals surface area (Å²) in [4.78, 5) is 18.9. The van der Waals surface area contributed by atoms with Gasteiger partial charge in [0.2, 0.25) is 5.65 Å². The highest BCUT2D eigenvalue weighted by Gasteiger charge is 2.09. The van der Waals surface area contributed by atoms with E-state index in [4.69, 9.17) is 5.11 Å². The zero-order valence-corrected chi connectivity index (χ0v) is 9.99. The maximum atomic E-state index is 13.2. The molecule has 6 nitrogen and oxygen atoms in total. The lowest BCUT2D eigenvalue weighted by Crippen LogP contribution is -2.01. The van der Waals surface area contributed by atoms with Crippen LogP contribution in [-0.4, -0.2) is 31.2 Å². The summed E-state index contributed by atoms with van der Waals surface area (Å²) in [7, 11) is 0. The maximum Gasteiger partial charge on any atom is 0.337 e. The maximum absolute atomic E-state index is 13.2. The van der Waals surface area contributed by atoms with Gasteiger partial charge in [-0.2, -0.15) is 0 Å². The summed E-state index contributed by atoms with van der Waals surface area (Å²) in [6, 6.07) is 7.10. The van der Waals surface area contributed by atoms with Crippen molar-refractivity contribution in [1.29, 1.82) is 0 Å². The van der Waals surface area contributed by atoms with Crippen molar-refractivity contribution in [2.75, 3.05) is 0 Å². The second kappa shape index (κ2) is 4.61. The van der Waals surface area contributed by atoms with Crippen LogP contribution in [0, 0.1) is 5.82 Å². The lowest BCUT2D eigenvalue weighted by Gasteiger charge is -2.01. The highest BCUT2D eigenvalue weighted by atomic mass is 19.1. The van der Waals surface area contributed by atoms with E-state index in [9.17, 15) is 9.18 Å². The minimum atomic E-state index is -1.11. The molecule has 98 valence electrons. The zero-order valence-electron chi connectivity index (χ0n) is 9.99. The van der Waals surface area contributed by atoms with Crippen molar-refractivity contribution >= 4 is 17.1 Å².